The lowest BCUT2D eigenvalue weighted by atomic mass is 10.1. The Hall–Kier alpha value is -2.45. The minimum Gasteiger partial charge on any atom is -0.375 e. The summed E-state index contributed by atoms with van der Waals surface area (Å²) in [6.07, 6.45) is 2.09. The van der Waals surface area contributed by atoms with E-state index in [1.54, 1.807) is 0 Å². The summed E-state index contributed by atoms with van der Waals surface area (Å²) < 4.78 is 1.89. The van der Waals surface area contributed by atoms with Gasteiger partial charge in [0.2, 0.25) is 0 Å². The number of nitriles is 2. The molecule has 0 amide bonds. The van der Waals surface area contributed by atoms with E-state index in [1.165, 1.54) is 0 Å². The molecule has 2 aromatic rings. The summed E-state index contributed by atoms with van der Waals surface area (Å²) in [5.41, 5.74) is 4.77. The van der Waals surface area contributed by atoms with Crippen LogP contribution in [0.3, 0.4) is 0 Å². The van der Waals surface area contributed by atoms with Crippen molar-refractivity contribution in [1.29, 1.82) is 10.5 Å². The van der Waals surface area contributed by atoms with Crippen molar-refractivity contribution in [3.8, 4) is 12.1 Å². The Morgan fingerprint density at radius 3 is 1.50 bits per heavy atom. The van der Waals surface area contributed by atoms with Crippen molar-refractivity contribution in [2.45, 2.75) is 26.7 Å². The van der Waals surface area contributed by atoms with Gasteiger partial charge in [-0.3, -0.25) is 3.11 Å². The van der Waals surface area contributed by atoms with Gasteiger partial charge in [0.25, 0.3) is 0 Å². The van der Waals surface area contributed by atoms with Crippen molar-refractivity contribution in [3.63, 3.8) is 0 Å². The number of benzene rings is 2. The quantitative estimate of drug-likeness (QED) is 0.358. The van der Waals surface area contributed by atoms with Crippen LogP contribution < -0.4 is 12.9 Å². The summed E-state index contributed by atoms with van der Waals surface area (Å²) in [7, 11) is 4.06. The fourth-order valence-electron chi connectivity index (χ4n) is 3.10. The molecule has 2 aromatic carbocycles. The predicted molar refractivity (Wildman–Crippen MR) is 126 cm³/mol. The number of nitrogens with zero attached hydrogens (tertiary/aromatic N) is 5. The molecule has 146 valence electrons. The van der Waals surface area contributed by atoms with E-state index in [4.69, 9.17) is 0 Å². The van der Waals surface area contributed by atoms with E-state index >= 15 is 0 Å². The van der Waals surface area contributed by atoms with Gasteiger partial charge in [-0.2, -0.15) is 10.5 Å². The first-order valence-corrected chi connectivity index (χ1v) is 10.4. The molecule has 0 radical (unpaired) electrons. The molecule has 0 atom stereocenters. The zero-order valence-corrected chi connectivity index (χ0v) is 19.1. The highest BCUT2D eigenvalue weighted by molar-refractivity contribution is 14.1. The molecule has 0 aliphatic heterocycles. The second-order valence-corrected chi connectivity index (χ2v) is 7.72. The summed E-state index contributed by atoms with van der Waals surface area (Å²) in [6.45, 7) is 6.13. The van der Waals surface area contributed by atoms with Crippen molar-refractivity contribution < 1.29 is 0 Å². The maximum atomic E-state index is 9.68. The van der Waals surface area contributed by atoms with Crippen LogP contribution in [0.1, 0.15) is 37.8 Å². The highest BCUT2D eigenvalue weighted by Crippen LogP contribution is 2.37. The van der Waals surface area contributed by atoms with Crippen LogP contribution in [-0.2, 0) is 0 Å². The fourth-order valence-corrected chi connectivity index (χ4v) is 3.94. The van der Waals surface area contributed by atoms with Gasteiger partial charge in [-0.15, -0.1) is 0 Å². The Labute approximate surface area is 182 Å². The molecule has 0 bridgehead atoms. The first kappa shape index (κ1) is 21.8. The molecule has 0 aliphatic carbocycles. The van der Waals surface area contributed by atoms with E-state index in [-0.39, 0.29) is 0 Å². The van der Waals surface area contributed by atoms with E-state index in [0.29, 0.717) is 11.1 Å². The standard InChI is InChI=1S/C22H26IN5/c1-5-11-26(3)19-7-9-21(17(13-19)15-24)28(23)22-10-8-20(14-18(22)16-25)27(4)12-6-2/h7-10,13-14H,5-6,11-12H2,1-4H3. The van der Waals surface area contributed by atoms with Crippen LogP contribution in [0.4, 0.5) is 22.7 Å². The first-order chi connectivity index (χ1) is 13.5. The van der Waals surface area contributed by atoms with Gasteiger partial charge in [-0.05, 0) is 49.2 Å². The molecule has 5 nitrogen and oxygen atoms in total. The van der Waals surface area contributed by atoms with Crippen molar-refractivity contribution in [3.05, 3.63) is 47.5 Å². The van der Waals surface area contributed by atoms with Crippen LogP contribution in [0.5, 0.6) is 0 Å². The highest BCUT2D eigenvalue weighted by Gasteiger charge is 2.17. The zero-order valence-electron chi connectivity index (χ0n) is 16.9. The van der Waals surface area contributed by atoms with E-state index in [9.17, 15) is 10.5 Å². The number of hydrogen-bond acceptors (Lipinski definition) is 5. The van der Waals surface area contributed by atoms with Gasteiger partial charge in [0.05, 0.1) is 45.4 Å². The van der Waals surface area contributed by atoms with Crippen molar-refractivity contribution in [2.75, 3.05) is 40.1 Å². The Kier molecular flexibility index (Phi) is 7.95. The maximum Gasteiger partial charge on any atom is 0.101 e. The van der Waals surface area contributed by atoms with Gasteiger partial charge in [-0.1, -0.05) is 13.8 Å². The average Bonchev–Trinajstić information content (AvgIpc) is 2.72. The third kappa shape index (κ3) is 4.88. The molecule has 0 spiro atoms. The normalized spacial score (nSPS) is 10.1. The zero-order chi connectivity index (χ0) is 20.7. The van der Waals surface area contributed by atoms with Crippen LogP contribution >= 0.6 is 22.9 Å². The molecular weight excluding hydrogens is 461 g/mol. The molecule has 0 heterocycles. The van der Waals surface area contributed by atoms with Crippen molar-refractivity contribution >= 4 is 45.6 Å². The molecule has 0 fully saturated rings. The van der Waals surface area contributed by atoms with Gasteiger partial charge in [0, 0.05) is 38.6 Å². The predicted octanol–water partition coefficient (Wildman–Crippen LogP) is 5.61. The number of rotatable bonds is 8. The molecule has 28 heavy (non-hydrogen) atoms. The minimum atomic E-state index is 0.589. The van der Waals surface area contributed by atoms with E-state index in [2.05, 4.69) is 58.7 Å². The van der Waals surface area contributed by atoms with Crippen LogP contribution in [0.15, 0.2) is 36.4 Å². The van der Waals surface area contributed by atoms with E-state index in [0.717, 1.165) is 48.7 Å². The molecule has 2 rings (SSSR count). The largest absolute Gasteiger partial charge is 0.375 e. The Morgan fingerprint density at radius 1 is 0.786 bits per heavy atom. The number of halogens is 1. The lowest BCUT2D eigenvalue weighted by Crippen LogP contribution is -2.18. The summed E-state index contributed by atoms with van der Waals surface area (Å²) in [5.74, 6) is 0. The summed E-state index contributed by atoms with van der Waals surface area (Å²) in [6, 6.07) is 16.4. The second-order valence-electron chi connectivity index (χ2n) is 6.75. The SMILES string of the molecule is CCCN(C)c1ccc(N(I)c2ccc(N(C)CCC)cc2C#N)c(C#N)c1. The minimum absolute atomic E-state index is 0.589. The Balaban J connectivity index is 2.41. The average molecular weight is 487 g/mol. The van der Waals surface area contributed by atoms with Crippen LogP contribution in [0, 0.1) is 22.7 Å². The van der Waals surface area contributed by atoms with Gasteiger partial charge >= 0.3 is 0 Å². The van der Waals surface area contributed by atoms with Gasteiger partial charge in [0.15, 0.2) is 0 Å². The lowest BCUT2D eigenvalue weighted by Gasteiger charge is -2.24. The van der Waals surface area contributed by atoms with Crippen molar-refractivity contribution in [2.24, 2.45) is 0 Å². The monoisotopic (exact) mass is 487 g/mol. The smallest absolute Gasteiger partial charge is 0.101 e. The van der Waals surface area contributed by atoms with Crippen molar-refractivity contribution in [1.82, 2.24) is 0 Å². The molecule has 0 saturated carbocycles. The maximum absolute atomic E-state index is 9.68. The van der Waals surface area contributed by atoms with Crippen LogP contribution in [0.2, 0.25) is 0 Å². The summed E-state index contributed by atoms with van der Waals surface area (Å²) in [5, 5.41) is 19.4. The topological polar surface area (TPSA) is 57.3 Å². The molecular formula is C22H26IN5. The fraction of sp³-hybridized carbons (Fsp3) is 0.364. The lowest BCUT2D eigenvalue weighted by molar-refractivity contribution is 0.852. The van der Waals surface area contributed by atoms with Gasteiger partial charge < -0.3 is 9.80 Å². The molecule has 0 N–H and O–H groups in total. The van der Waals surface area contributed by atoms with Crippen LogP contribution in [-0.4, -0.2) is 27.2 Å². The molecule has 0 aromatic heterocycles. The highest BCUT2D eigenvalue weighted by atomic mass is 127. The third-order valence-corrected chi connectivity index (χ3v) is 5.66. The first-order valence-electron chi connectivity index (χ1n) is 9.43. The summed E-state index contributed by atoms with van der Waals surface area (Å²) >= 11 is 2.17. The third-order valence-electron chi connectivity index (χ3n) is 4.62. The summed E-state index contributed by atoms with van der Waals surface area (Å²) in [4.78, 5) is 4.28. The van der Waals surface area contributed by atoms with E-state index in [1.807, 2.05) is 53.6 Å². The Morgan fingerprint density at radius 2 is 1.18 bits per heavy atom. The molecule has 6 heteroatoms. The Bertz CT molecular complexity index is 823. The molecule has 0 saturated heterocycles. The number of anilines is 4. The number of hydrogen-bond donors (Lipinski definition) is 0. The van der Waals surface area contributed by atoms with Gasteiger partial charge in [-0.25, -0.2) is 0 Å². The molecule has 0 aliphatic rings. The second kappa shape index (κ2) is 10.2. The van der Waals surface area contributed by atoms with Crippen LogP contribution in [0.25, 0.3) is 0 Å². The van der Waals surface area contributed by atoms with E-state index < -0.39 is 0 Å². The molecule has 0 unspecified atom stereocenters. The van der Waals surface area contributed by atoms with Gasteiger partial charge in [0.1, 0.15) is 12.1 Å².